The lowest BCUT2D eigenvalue weighted by molar-refractivity contribution is -0.140. The van der Waals surface area contributed by atoms with Crippen molar-refractivity contribution < 1.29 is 14.3 Å². The molecule has 0 fully saturated rings. The molecule has 1 aromatic heterocycles. The molecule has 0 aliphatic carbocycles. The molecule has 0 radical (unpaired) electrons. The van der Waals surface area contributed by atoms with Crippen LogP contribution in [0.25, 0.3) is 11.1 Å². The molecular formula is C24H25BrN2O3. The second-order valence-electron chi connectivity index (χ2n) is 7.12. The van der Waals surface area contributed by atoms with Crippen LogP contribution in [0.5, 0.6) is 0 Å². The molecule has 0 atom stereocenters. The van der Waals surface area contributed by atoms with Crippen molar-refractivity contribution in [2.75, 3.05) is 7.11 Å². The van der Waals surface area contributed by atoms with Crippen LogP contribution in [0.1, 0.15) is 33.7 Å². The fourth-order valence-electron chi connectivity index (χ4n) is 3.80. The number of halogens is 1. The molecule has 2 N–H and O–H groups in total. The molecule has 1 heterocycles. The lowest BCUT2D eigenvalue weighted by Crippen LogP contribution is -2.14. The van der Waals surface area contributed by atoms with Crippen molar-refractivity contribution in [3.05, 3.63) is 81.6 Å². The van der Waals surface area contributed by atoms with Crippen LogP contribution in [0, 0.1) is 6.92 Å². The Balaban J connectivity index is 2.11. The van der Waals surface area contributed by atoms with Crippen molar-refractivity contribution in [3.63, 3.8) is 0 Å². The van der Waals surface area contributed by atoms with Gasteiger partial charge in [0, 0.05) is 28.0 Å². The van der Waals surface area contributed by atoms with E-state index in [1.54, 1.807) is 0 Å². The lowest BCUT2D eigenvalue weighted by atomic mass is 9.98. The van der Waals surface area contributed by atoms with Crippen LogP contribution in [0.15, 0.2) is 59.1 Å². The van der Waals surface area contributed by atoms with Crippen molar-refractivity contribution in [1.82, 2.24) is 4.57 Å². The van der Waals surface area contributed by atoms with E-state index in [4.69, 9.17) is 10.5 Å². The van der Waals surface area contributed by atoms with Gasteiger partial charge in [-0.1, -0.05) is 58.4 Å². The van der Waals surface area contributed by atoms with E-state index in [0.717, 1.165) is 33.4 Å². The largest absolute Gasteiger partial charge is 0.469 e. The third kappa shape index (κ3) is 4.82. The number of methoxy groups -OCH3 is 1. The molecule has 0 saturated carbocycles. The monoisotopic (exact) mass is 468 g/mol. The maximum atomic E-state index is 12.4. The number of carbonyl (C=O) groups is 2. The van der Waals surface area contributed by atoms with E-state index in [2.05, 4.69) is 32.6 Å². The Morgan fingerprint density at radius 1 is 1.03 bits per heavy atom. The molecule has 3 rings (SSSR count). The Kier molecular flexibility index (Phi) is 7.11. The maximum absolute atomic E-state index is 12.4. The van der Waals surface area contributed by atoms with Crippen molar-refractivity contribution in [2.24, 2.45) is 5.73 Å². The summed E-state index contributed by atoms with van der Waals surface area (Å²) in [6.45, 7) is 2.60. The fraction of sp³-hybridized carbons (Fsp3) is 0.250. The summed E-state index contributed by atoms with van der Waals surface area (Å²) in [6.07, 6.45) is 1.49. The minimum atomic E-state index is -0.469. The summed E-state index contributed by atoms with van der Waals surface area (Å²) in [5.41, 5.74) is 10.9. The Morgan fingerprint density at radius 3 is 2.30 bits per heavy atom. The van der Waals surface area contributed by atoms with Crippen LogP contribution >= 0.6 is 15.9 Å². The van der Waals surface area contributed by atoms with E-state index in [-0.39, 0.29) is 12.4 Å². The second kappa shape index (κ2) is 9.76. The van der Waals surface area contributed by atoms with Crippen LogP contribution in [0.4, 0.5) is 0 Å². The molecule has 6 heteroatoms. The molecule has 0 aliphatic rings. The number of hydrogen-bond donors (Lipinski definition) is 1. The number of nitrogens with zero attached hydrogens (tertiary/aromatic N) is 1. The summed E-state index contributed by atoms with van der Waals surface area (Å²) in [6, 6.07) is 17.9. The van der Waals surface area contributed by atoms with Crippen molar-refractivity contribution in [1.29, 1.82) is 0 Å². The molecule has 0 bridgehead atoms. The Hall–Kier alpha value is -2.86. The van der Waals surface area contributed by atoms with Gasteiger partial charge in [0.15, 0.2) is 0 Å². The van der Waals surface area contributed by atoms with E-state index in [1.807, 2.05) is 49.4 Å². The second-order valence-corrected chi connectivity index (χ2v) is 8.03. The van der Waals surface area contributed by atoms with Gasteiger partial charge in [0.25, 0.3) is 5.91 Å². The predicted molar refractivity (Wildman–Crippen MR) is 121 cm³/mol. The molecular weight excluding hydrogens is 444 g/mol. The molecule has 156 valence electrons. The standard InChI is InChI=1S/C24H25BrN2O3/c1-16-22(24(26)29)23(18-8-10-19(25)11-9-18)20(12-13-21(28)30-2)27(16)15-14-17-6-4-3-5-7-17/h3-11H,12-15H2,1-2H3,(H2,26,29). The van der Waals surface area contributed by atoms with Gasteiger partial charge in [-0.25, -0.2) is 0 Å². The number of hydrogen-bond acceptors (Lipinski definition) is 3. The van der Waals surface area contributed by atoms with Gasteiger partial charge in [-0.15, -0.1) is 0 Å². The number of aromatic nitrogens is 1. The number of amides is 1. The van der Waals surface area contributed by atoms with Crippen LogP contribution < -0.4 is 5.73 Å². The molecule has 3 aromatic rings. The Morgan fingerprint density at radius 2 is 1.70 bits per heavy atom. The van der Waals surface area contributed by atoms with Crippen LogP contribution in [0.3, 0.4) is 0 Å². The number of ether oxygens (including phenoxy) is 1. The first-order valence-corrected chi connectivity index (χ1v) is 10.6. The number of aryl methyl sites for hydroxylation is 1. The zero-order valence-corrected chi connectivity index (χ0v) is 18.7. The van der Waals surface area contributed by atoms with E-state index >= 15 is 0 Å². The van der Waals surface area contributed by atoms with Gasteiger partial charge in [-0.3, -0.25) is 9.59 Å². The zero-order chi connectivity index (χ0) is 21.7. The third-order valence-electron chi connectivity index (χ3n) is 5.27. The van der Waals surface area contributed by atoms with E-state index in [9.17, 15) is 9.59 Å². The molecule has 0 spiro atoms. The Labute approximate surface area is 185 Å². The van der Waals surface area contributed by atoms with Crippen molar-refractivity contribution in [3.8, 4) is 11.1 Å². The fourth-order valence-corrected chi connectivity index (χ4v) is 4.06. The summed E-state index contributed by atoms with van der Waals surface area (Å²) in [4.78, 5) is 24.3. The number of nitrogens with two attached hydrogens (primary N) is 1. The van der Waals surface area contributed by atoms with Gasteiger partial charge in [0.2, 0.25) is 0 Å². The quantitative estimate of drug-likeness (QED) is 0.487. The first-order valence-electron chi connectivity index (χ1n) is 9.80. The summed E-state index contributed by atoms with van der Waals surface area (Å²) < 4.78 is 7.91. The van der Waals surface area contributed by atoms with E-state index in [0.29, 0.717) is 18.5 Å². The topological polar surface area (TPSA) is 74.3 Å². The molecule has 5 nitrogen and oxygen atoms in total. The molecule has 1 amide bonds. The SMILES string of the molecule is COC(=O)CCc1c(-c2ccc(Br)cc2)c(C(N)=O)c(C)n1CCc1ccccc1. The molecule has 0 aliphatic heterocycles. The number of primary amides is 1. The first kappa shape index (κ1) is 21.8. The number of rotatable bonds is 8. The van der Waals surface area contributed by atoms with Gasteiger partial charge in [-0.05, 0) is 43.0 Å². The van der Waals surface area contributed by atoms with Crippen LogP contribution in [-0.2, 0) is 28.9 Å². The minimum Gasteiger partial charge on any atom is -0.469 e. The summed E-state index contributed by atoms with van der Waals surface area (Å²) in [5.74, 6) is -0.756. The van der Waals surface area contributed by atoms with Gasteiger partial charge in [0.1, 0.15) is 0 Å². The van der Waals surface area contributed by atoms with Gasteiger partial charge in [0.05, 0.1) is 19.1 Å². The summed E-state index contributed by atoms with van der Waals surface area (Å²) in [5, 5.41) is 0. The lowest BCUT2D eigenvalue weighted by Gasteiger charge is -2.13. The average Bonchev–Trinajstić information content (AvgIpc) is 3.03. The normalized spacial score (nSPS) is 10.8. The van der Waals surface area contributed by atoms with E-state index < -0.39 is 5.91 Å². The highest BCUT2D eigenvalue weighted by Crippen LogP contribution is 2.34. The van der Waals surface area contributed by atoms with Crippen molar-refractivity contribution in [2.45, 2.75) is 32.7 Å². The Bertz CT molecular complexity index is 1040. The van der Waals surface area contributed by atoms with Gasteiger partial charge in [-0.2, -0.15) is 0 Å². The van der Waals surface area contributed by atoms with Crippen molar-refractivity contribution >= 4 is 27.8 Å². The first-order chi connectivity index (χ1) is 14.4. The highest BCUT2D eigenvalue weighted by atomic mass is 79.9. The van der Waals surface area contributed by atoms with Crippen LogP contribution in [-0.4, -0.2) is 23.6 Å². The van der Waals surface area contributed by atoms with E-state index in [1.165, 1.54) is 12.7 Å². The molecule has 0 unspecified atom stereocenters. The molecule has 2 aromatic carbocycles. The smallest absolute Gasteiger partial charge is 0.305 e. The average molecular weight is 469 g/mol. The molecule has 0 saturated heterocycles. The number of carbonyl (C=O) groups excluding carboxylic acids is 2. The summed E-state index contributed by atoms with van der Waals surface area (Å²) >= 11 is 3.46. The predicted octanol–water partition coefficient (Wildman–Crippen LogP) is 4.67. The molecule has 30 heavy (non-hydrogen) atoms. The maximum Gasteiger partial charge on any atom is 0.305 e. The minimum absolute atomic E-state index is 0.229. The third-order valence-corrected chi connectivity index (χ3v) is 5.80. The van der Waals surface area contributed by atoms with Gasteiger partial charge >= 0.3 is 5.97 Å². The van der Waals surface area contributed by atoms with Crippen LogP contribution in [0.2, 0.25) is 0 Å². The summed E-state index contributed by atoms with van der Waals surface area (Å²) in [7, 11) is 1.38. The number of benzene rings is 2. The highest BCUT2D eigenvalue weighted by Gasteiger charge is 2.25. The zero-order valence-electron chi connectivity index (χ0n) is 17.2. The number of esters is 1. The highest BCUT2D eigenvalue weighted by molar-refractivity contribution is 9.10. The van der Waals surface area contributed by atoms with Gasteiger partial charge < -0.3 is 15.0 Å².